The predicted octanol–water partition coefficient (Wildman–Crippen LogP) is 16.1. The van der Waals surface area contributed by atoms with Crippen molar-refractivity contribution in [1.29, 1.82) is 0 Å². The van der Waals surface area contributed by atoms with Crippen molar-refractivity contribution in [3.05, 3.63) is 267 Å². The molecule has 0 fully saturated rings. The van der Waals surface area contributed by atoms with E-state index in [-0.39, 0.29) is 0 Å². The normalized spacial score (nSPS) is 12.2. The summed E-state index contributed by atoms with van der Waals surface area (Å²) in [6, 6.07) is 94.1. The first-order chi connectivity index (χ1) is 38.2. The van der Waals surface area contributed by atoms with Crippen LogP contribution in [-0.4, -0.2) is 27.2 Å². The van der Waals surface area contributed by atoms with Crippen LogP contribution in [-0.2, 0) is 0 Å². The molecular formula is C70H44N4S2Si. The van der Waals surface area contributed by atoms with Gasteiger partial charge in [-0.1, -0.05) is 182 Å². The van der Waals surface area contributed by atoms with Gasteiger partial charge in [0.15, 0.2) is 8.07 Å². The molecule has 0 unspecified atom stereocenters. The molecule has 0 saturated carbocycles. The summed E-state index contributed by atoms with van der Waals surface area (Å²) in [7, 11) is -3.08. The van der Waals surface area contributed by atoms with Gasteiger partial charge >= 0.3 is 0 Å². The first kappa shape index (κ1) is 44.1. The third-order valence-corrected chi connectivity index (χ3v) is 23.6. The zero-order valence-corrected chi connectivity index (χ0v) is 44.1. The van der Waals surface area contributed by atoms with Crippen LogP contribution in [0.25, 0.3) is 118 Å². The second-order valence-electron chi connectivity index (χ2n) is 20.0. The number of pyridine rings is 2. The Morgan fingerprint density at radius 3 is 1.13 bits per heavy atom. The van der Waals surface area contributed by atoms with Gasteiger partial charge in [0, 0.05) is 84.4 Å². The number of aromatic nitrogens is 4. The standard InChI is InChI=1S/C70H44N4S2Si/c1-5-19-47(20-6-1)73-61-31-15-13-27-51(61)55-41-59(71-43-63(55)73)45-35-37-65-57(39-45)53-29-17-33-67(69(53)75-65)77(49-23-9-3-10-24-49,50-25-11-4-12-26-50)68-34-18-30-54-58-40-46(36-38-66(58)76-70(54)68)60-42-56-52-28-14-16-32-62(52)74(64(56)44-72-60)48-21-7-2-8-22-48/h1-44H. The number of rotatable bonds is 8. The highest BCUT2D eigenvalue weighted by molar-refractivity contribution is 7.33. The summed E-state index contributed by atoms with van der Waals surface area (Å²) >= 11 is 3.85. The molecule has 0 spiro atoms. The van der Waals surface area contributed by atoms with Crippen molar-refractivity contribution in [2.24, 2.45) is 0 Å². The predicted molar refractivity (Wildman–Crippen MR) is 331 cm³/mol. The van der Waals surface area contributed by atoms with Crippen molar-refractivity contribution in [1.82, 2.24) is 19.1 Å². The highest BCUT2D eigenvalue weighted by atomic mass is 32.1. The second kappa shape index (κ2) is 17.4. The summed E-state index contributed by atoms with van der Waals surface area (Å²) in [5.41, 5.74) is 11.0. The van der Waals surface area contributed by atoms with Crippen molar-refractivity contribution in [3.63, 3.8) is 0 Å². The van der Waals surface area contributed by atoms with Crippen LogP contribution in [0.3, 0.4) is 0 Å². The number of para-hydroxylation sites is 4. The number of hydrogen-bond acceptors (Lipinski definition) is 4. The highest BCUT2D eigenvalue weighted by Gasteiger charge is 2.44. The molecule has 0 amide bonds. The molecule has 7 heteroatoms. The van der Waals surface area contributed by atoms with Gasteiger partial charge in [-0.15, -0.1) is 22.7 Å². The molecule has 16 aromatic rings. The zero-order chi connectivity index (χ0) is 50.6. The first-order valence-electron chi connectivity index (χ1n) is 26.1. The van der Waals surface area contributed by atoms with Crippen molar-refractivity contribution in [3.8, 4) is 33.9 Å². The zero-order valence-electron chi connectivity index (χ0n) is 41.5. The van der Waals surface area contributed by atoms with E-state index in [0.29, 0.717) is 0 Å². The molecule has 16 rings (SSSR count). The van der Waals surface area contributed by atoms with E-state index in [2.05, 4.69) is 276 Å². The molecule has 0 atom stereocenters. The molecular weight excluding hydrogens is 989 g/mol. The topological polar surface area (TPSA) is 35.6 Å². The smallest absolute Gasteiger partial charge is 0.182 e. The Hall–Kier alpha value is -9.24. The lowest BCUT2D eigenvalue weighted by Gasteiger charge is -2.35. The van der Waals surface area contributed by atoms with E-state index >= 15 is 0 Å². The van der Waals surface area contributed by atoms with Crippen molar-refractivity contribution < 1.29 is 0 Å². The van der Waals surface area contributed by atoms with E-state index in [1.807, 2.05) is 22.7 Å². The summed E-state index contributed by atoms with van der Waals surface area (Å²) in [5.74, 6) is 0. The molecule has 360 valence electrons. The lowest BCUT2D eigenvalue weighted by molar-refractivity contribution is 1.17. The number of benzene rings is 10. The molecule has 4 nitrogen and oxygen atoms in total. The van der Waals surface area contributed by atoms with Crippen molar-refractivity contribution >= 4 is 135 Å². The van der Waals surface area contributed by atoms with E-state index < -0.39 is 8.07 Å². The van der Waals surface area contributed by atoms with Gasteiger partial charge in [0.05, 0.1) is 45.8 Å². The molecule has 0 saturated heterocycles. The summed E-state index contributed by atoms with van der Waals surface area (Å²) in [4.78, 5) is 10.4. The molecule has 6 aromatic heterocycles. The maximum Gasteiger partial charge on any atom is 0.182 e. The minimum absolute atomic E-state index is 0.967. The number of hydrogen-bond donors (Lipinski definition) is 0. The first-order valence-corrected chi connectivity index (χ1v) is 29.7. The molecule has 10 aromatic carbocycles. The summed E-state index contributed by atoms with van der Waals surface area (Å²) in [6.07, 6.45) is 4.12. The van der Waals surface area contributed by atoms with Gasteiger partial charge in [-0.2, -0.15) is 0 Å². The largest absolute Gasteiger partial charge is 0.308 e. The molecule has 0 aliphatic rings. The van der Waals surface area contributed by atoms with E-state index in [0.717, 1.165) is 44.9 Å². The minimum Gasteiger partial charge on any atom is -0.308 e. The quantitative estimate of drug-likeness (QED) is 0.112. The Bertz CT molecular complexity index is 4660. The number of nitrogens with zero attached hydrogens (tertiary/aromatic N) is 4. The molecule has 0 aliphatic carbocycles. The third kappa shape index (κ3) is 6.68. The van der Waals surface area contributed by atoms with Crippen LogP contribution in [0.4, 0.5) is 0 Å². The molecule has 0 aliphatic heterocycles. The molecule has 0 bridgehead atoms. The van der Waals surface area contributed by atoms with Crippen LogP contribution in [0.5, 0.6) is 0 Å². The maximum absolute atomic E-state index is 5.20. The Labute approximate surface area is 452 Å². The molecule has 77 heavy (non-hydrogen) atoms. The Kier molecular flexibility index (Phi) is 9.97. The van der Waals surface area contributed by atoms with Gasteiger partial charge in [0.2, 0.25) is 0 Å². The van der Waals surface area contributed by atoms with Crippen LogP contribution in [0.2, 0.25) is 0 Å². The fourth-order valence-electron chi connectivity index (χ4n) is 12.6. The van der Waals surface area contributed by atoms with Crippen LogP contribution in [0.1, 0.15) is 0 Å². The summed E-state index contributed by atoms with van der Waals surface area (Å²) in [6.45, 7) is 0. The SMILES string of the molecule is c1ccc(-n2c3ccccc3c3cc(-c4ccc5sc6c([Si](c7ccccc7)(c7ccccc7)c7cccc8c7sc7ccc(-c9cc%10c%11ccccc%11n(-c%11ccccc%11)c%10cn9)cc78)cccc6c5c4)ncc32)cc1. The van der Waals surface area contributed by atoms with E-state index in [1.165, 1.54) is 93.7 Å². The van der Waals surface area contributed by atoms with Gasteiger partial charge < -0.3 is 9.13 Å². The molecule has 6 heterocycles. The lowest BCUT2D eigenvalue weighted by atomic mass is 10.0. The fourth-order valence-corrected chi connectivity index (χ4v) is 20.9. The average molecular weight is 1030 g/mol. The van der Waals surface area contributed by atoms with Crippen LogP contribution in [0.15, 0.2) is 267 Å². The lowest BCUT2D eigenvalue weighted by Crippen LogP contribution is -2.74. The van der Waals surface area contributed by atoms with Crippen molar-refractivity contribution in [2.75, 3.05) is 0 Å². The number of thiophene rings is 2. The summed E-state index contributed by atoms with van der Waals surface area (Å²) in [5, 5.41) is 15.4. The number of fused-ring (bicyclic) bond motifs is 12. The van der Waals surface area contributed by atoms with Gasteiger partial charge in [0.25, 0.3) is 0 Å². The van der Waals surface area contributed by atoms with Gasteiger partial charge in [-0.3, -0.25) is 9.97 Å². The maximum atomic E-state index is 5.20. The highest BCUT2D eigenvalue weighted by Crippen LogP contribution is 2.41. The monoisotopic (exact) mass is 1030 g/mol. The fraction of sp³-hybridized carbons (Fsp3) is 0. The van der Waals surface area contributed by atoms with E-state index in [4.69, 9.17) is 9.97 Å². The van der Waals surface area contributed by atoms with E-state index in [1.54, 1.807) is 0 Å². The molecule has 0 N–H and O–H groups in total. The van der Waals surface area contributed by atoms with Gasteiger partial charge in [0.1, 0.15) is 0 Å². The summed E-state index contributed by atoms with van der Waals surface area (Å²) < 4.78 is 9.87. The van der Waals surface area contributed by atoms with Gasteiger partial charge in [-0.25, -0.2) is 0 Å². The third-order valence-electron chi connectivity index (χ3n) is 16.0. The Morgan fingerprint density at radius 2 is 0.688 bits per heavy atom. The molecule has 0 radical (unpaired) electrons. The Morgan fingerprint density at radius 1 is 0.299 bits per heavy atom. The van der Waals surface area contributed by atoms with Crippen LogP contribution in [0, 0.1) is 0 Å². The Balaban J connectivity index is 0.878. The average Bonchev–Trinajstić information content (AvgIpc) is 4.49. The minimum atomic E-state index is -3.08. The van der Waals surface area contributed by atoms with Crippen LogP contribution >= 0.6 is 22.7 Å². The second-order valence-corrected chi connectivity index (χ2v) is 25.9. The van der Waals surface area contributed by atoms with Crippen LogP contribution < -0.4 is 20.7 Å². The van der Waals surface area contributed by atoms with E-state index in [9.17, 15) is 0 Å². The van der Waals surface area contributed by atoms with Gasteiger partial charge in [-0.05, 0) is 93.5 Å². The van der Waals surface area contributed by atoms with Crippen molar-refractivity contribution in [2.45, 2.75) is 0 Å².